The molecule has 5 heteroatoms. The number of nitrogens with one attached hydrogen (secondary N) is 1. The lowest BCUT2D eigenvalue weighted by atomic mass is 10.1. The lowest BCUT2D eigenvalue weighted by Crippen LogP contribution is -2.17. The first-order chi connectivity index (χ1) is 9.63. The van der Waals surface area contributed by atoms with Crippen LogP contribution in [0.3, 0.4) is 0 Å². The van der Waals surface area contributed by atoms with E-state index in [1.165, 1.54) is 4.88 Å². The van der Waals surface area contributed by atoms with Gasteiger partial charge in [0.25, 0.3) is 0 Å². The summed E-state index contributed by atoms with van der Waals surface area (Å²) in [4.78, 5) is 1.22. The van der Waals surface area contributed by atoms with Crippen LogP contribution in [-0.4, -0.2) is 14.2 Å². The number of thiophene rings is 1. The highest BCUT2D eigenvalue weighted by molar-refractivity contribution is 7.10. The molecular formula is C15H18ClNO2S. The van der Waals surface area contributed by atoms with Gasteiger partial charge in [0.1, 0.15) is 0 Å². The van der Waals surface area contributed by atoms with Crippen molar-refractivity contribution in [2.75, 3.05) is 14.2 Å². The molecule has 2 rings (SSSR count). The summed E-state index contributed by atoms with van der Waals surface area (Å²) in [6.45, 7) is 2.92. The van der Waals surface area contributed by atoms with Crippen LogP contribution in [0.15, 0.2) is 29.6 Å². The fourth-order valence-corrected chi connectivity index (χ4v) is 2.96. The van der Waals surface area contributed by atoms with E-state index in [9.17, 15) is 0 Å². The predicted octanol–water partition coefficient (Wildman–Crippen LogP) is 4.27. The predicted molar refractivity (Wildman–Crippen MR) is 84.1 cm³/mol. The Labute approximate surface area is 128 Å². The SMILES string of the molecule is COc1ccc(C(C)NCc2cc(Cl)cs2)cc1OC. The van der Waals surface area contributed by atoms with E-state index in [1.807, 2.05) is 29.6 Å². The van der Waals surface area contributed by atoms with Crippen LogP contribution in [0.4, 0.5) is 0 Å². The van der Waals surface area contributed by atoms with E-state index in [4.69, 9.17) is 21.1 Å². The van der Waals surface area contributed by atoms with Crippen molar-refractivity contribution in [1.29, 1.82) is 0 Å². The van der Waals surface area contributed by atoms with Crippen LogP contribution in [0.25, 0.3) is 0 Å². The van der Waals surface area contributed by atoms with E-state index in [0.29, 0.717) is 0 Å². The lowest BCUT2D eigenvalue weighted by Gasteiger charge is -2.16. The monoisotopic (exact) mass is 311 g/mol. The molecule has 0 fully saturated rings. The highest BCUT2D eigenvalue weighted by Gasteiger charge is 2.10. The highest BCUT2D eigenvalue weighted by atomic mass is 35.5. The zero-order valence-electron chi connectivity index (χ0n) is 11.8. The summed E-state index contributed by atoms with van der Waals surface area (Å²) in [6.07, 6.45) is 0. The molecule has 1 unspecified atom stereocenters. The molecule has 1 aromatic carbocycles. The Morgan fingerprint density at radius 2 is 1.95 bits per heavy atom. The molecule has 0 aliphatic carbocycles. The van der Waals surface area contributed by atoms with Crippen LogP contribution in [-0.2, 0) is 6.54 Å². The van der Waals surface area contributed by atoms with Crippen molar-refractivity contribution in [1.82, 2.24) is 5.32 Å². The first-order valence-corrected chi connectivity index (χ1v) is 7.58. The van der Waals surface area contributed by atoms with Gasteiger partial charge in [-0.05, 0) is 30.7 Å². The van der Waals surface area contributed by atoms with E-state index >= 15 is 0 Å². The zero-order chi connectivity index (χ0) is 14.5. The normalized spacial score (nSPS) is 12.2. The van der Waals surface area contributed by atoms with Gasteiger partial charge in [-0.1, -0.05) is 17.7 Å². The highest BCUT2D eigenvalue weighted by Crippen LogP contribution is 2.30. The molecular weight excluding hydrogens is 294 g/mol. The molecule has 1 aromatic heterocycles. The maximum atomic E-state index is 5.92. The maximum absolute atomic E-state index is 5.92. The van der Waals surface area contributed by atoms with E-state index in [-0.39, 0.29) is 6.04 Å². The molecule has 2 aromatic rings. The van der Waals surface area contributed by atoms with E-state index in [1.54, 1.807) is 25.6 Å². The van der Waals surface area contributed by atoms with Crippen LogP contribution >= 0.6 is 22.9 Å². The van der Waals surface area contributed by atoms with Crippen molar-refractivity contribution in [2.45, 2.75) is 19.5 Å². The molecule has 20 heavy (non-hydrogen) atoms. The first kappa shape index (κ1) is 15.2. The second kappa shape index (κ2) is 6.97. The van der Waals surface area contributed by atoms with Crippen molar-refractivity contribution in [3.05, 3.63) is 45.1 Å². The van der Waals surface area contributed by atoms with E-state index in [0.717, 1.165) is 28.6 Å². The molecule has 0 saturated carbocycles. The topological polar surface area (TPSA) is 30.5 Å². The number of rotatable bonds is 6. The molecule has 108 valence electrons. The summed E-state index contributed by atoms with van der Waals surface area (Å²) in [5.41, 5.74) is 1.16. The lowest BCUT2D eigenvalue weighted by molar-refractivity contribution is 0.354. The third-order valence-corrected chi connectivity index (χ3v) is 4.40. The molecule has 0 saturated heterocycles. The van der Waals surface area contributed by atoms with Crippen molar-refractivity contribution in [2.24, 2.45) is 0 Å². The Morgan fingerprint density at radius 3 is 2.55 bits per heavy atom. The van der Waals surface area contributed by atoms with Crippen LogP contribution in [0.1, 0.15) is 23.4 Å². The van der Waals surface area contributed by atoms with Crippen molar-refractivity contribution < 1.29 is 9.47 Å². The van der Waals surface area contributed by atoms with Gasteiger partial charge >= 0.3 is 0 Å². The standard InChI is InChI=1S/C15H18ClNO2S/c1-10(17-8-13-7-12(16)9-20-13)11-4-5-14(18-2)15(6-11)19-3/h4-7,9-10,17H,8H2,1-3H3. The van der Waals surface area contributed by atoms with Gasteiger partial charge in [-0.15, -0.1) is 11.3 Å². The molecule has 0 amide bonds. The minimum Gasteiger partial charge on any atom is -0.493 e. The molecule has 0 radical (unpaired) electrons. The Balaban J connectivity index is 2.03. The van der Waals surface area contributed by atoms with Gasteiger partial charge in [-0.2, -0.15) is 0 Å². The summed E-state index contributed by atoms with van der Waals surface area (Å²) in [5.74, 6) is 1.49. The Kier molecular flexibility index (Phi) is 5.29. The number of hydrogen-bond donors (Lipinski definition) is 1. The third-order valence-electron chi connectivity index (χ3n) is 3.11. The molecule has 1 heterocycles. The maximum Gasteiger partial charge on any atom is 0.161 e. The number of hydrogen-bond acceptors (Lipinski definition) is 4. The van der Waals surface area contributed by atoms with E-state index < -0.39 is 0 Å². The average molecular weight is 312 g/mol. The van der Waals surface area contributed by atoms with Crippen LogP contribution in [0.2, 0.25) is 5.02 Å². The van der Waals surface area contributed by atoms with Gasteiger partial charge in [0, 0.05) is 22.8 Å². The molecule has 1 N–H and O–H groups in total. The van der Waals surface area contributed by atoms with Gasteiger partial charge in [-0.3, -0.25) is 0 Å². The molecule has 0 spiro atoms. The summed E-state index contributed by atoms with van der Waals surface area (Å²) < 4.78 is 10.6. The number of methoxy groups -OCH3 is 2. The quantitative estimate of drug-likeness (QED) is 0.864. The number of benzene rings is 1. The fraction of sp³-hybridized carbons (Fsp3) is 0.333. The molecule has 0 aliphatic rings. The van der Waals surface area contributed by atoms with Crippen molar-refractivity contribution in [3.63, 3.8) is 0 Å². The summed E-state index contributed by atoms with van der Waals surface area (Å²) in [5, 5.41) is 6.21. The Hall–Kier alpha value is -1.23. The summed E-state index contributed by atoms with van der Waals surface area (Å²) in [7, 11) is 3.28. The second-order valence-electron chi connectivity index (χ2n) is 4.45. The van der Waals surface area contributed by atoms with Gasteiger partial charge < -0.3 is 14.8 Å². The van der Waals surface area contributed by atoms with Crippen LogP contribution in [0.5, 0.6) is 11.5 Å². The summed E-state index contributed by atoms with van der Waals surface area (Å²) >= 11 is 7.58. The zero-order valence-corrected chi connectivity index (χ0v) is 13.3. The van der Waals surface area contributed by atoms with Gasteiger partial charge in [0.2, 0.25) is 0 Å². The number of ether oxygens (including phenoxy) is 2. The van der Waals surface area contributed by atoms with Gasteiger partial charge in [-0.25, -0.2) is 0 Å². The van der Waals surface area contributed by atoms with Gasteiger partial charge in [0.05, 0.1) is 19.2 Å². The minimum absolute atomic E-state index is 0.218. The Morgan fingerprint density at radius 1 is 1.20 bits per heavy atom. The minimum atomic E-state index is 0.218. The van der Waals surface area contributed by atoms with Crippen molar-refractivity contribution >= 4 is 22.9 Å². The molecule has 3 nitrogen and oxygen atoms in total. The molecule has 0 bridgehead atoms. The fourth-order valence-electron chi connectivity index (χ4n) is 1.94. The van der Waals surface area contributed by atoms with Gasteiger partial charge in [0.15, 0.2) is 11.5 Å². The largest absolute Gasteiger partial charge is 0.493 e. The smallest absolute Gasteiger partial charge is 0.161 e. The Bertz CT molecular complexity index is 571. The molecule has 1 atom stereocenters. The first-order valence-electron chi connectivity index (χ1n) is 6.32. The number of halogens is 1. The van der Waals surface area contributed by atoms with Crippen LogP contribution < -0.4 is 14.8 Å². The van der Waals surface area contributed by atoms with E-state index in [2.05, 4.69) is 12.2 Å². The molecule has 0 aliphatic heterocycles. The van der Waals surface area contributed by atoms with Crippen LogP contribution in [0, 0.1) is 0 Å². The third kappa shape index (κ3) is 3.66. The second-order valence-corrected chi connectivity index (χ2v) is 5.88. The average Bonchev–Trinajstić information content (AvgIpc) is 2.89. The van der Waals surface area contributed by atoms with Crippen molar-refractivity contribution in [3.8, 4) is 11.5 Å². The summed E-state index contributed by atoms with van der Waals surface area (Å²) in [6, 6.07) is 8.17.